The van der Waals surface area contributed by atoms with Crippen molar-refractivity contribution in [1.82, 2.24) is 15.2 Å². The Kier molecular flexibility index (Phi) is 5.38. The van der Waals surface area contributed by atoms with Crippen LogP contribution >= 0.6 is 11.3 Å². The Balaban J connectivity index is 1.74. The van der Waals surface area contributed by atoms with Crippen LogP contribution in [0.2, 0.25) is 0 Å². The van der Waals surface area contributed by atoms with Gasteiger partial charge < -0.3 is 9.64 Å². The van der Waals surface area contributed by atoms with E-state index in [0.717, 1.165) is 16.3 Å². The maximum absolute atomic E-state index is 12.9. The first-order valence-corrected chi connectivity index (χ1v) is 8.68. The van der Waals surface area contributed by atoms with Crippen molar-refractivity contribution in [2.75, 3.05) is 26.3 Å². The molecule has 5 nitrogen and oxygen atoms in total. The molecule has 0 bridgehead atoms. The van der Waals surface area contributed by atoms with E-state index < -0.39 is 0 Å². The van der Waals surface area contributed by atoms with Crippen LogP contribution in [-0.4, -0.2) is 42.1 Å². The van der Waals surface area contributed by atoms with Crippen molar-refractivity contribution in [2.45, 2.75) is 19.5 Å². The third kappa shape index (κ3) is 4.16. The van der Waals surface area contributed by atoms with E-state index in [1.165, 1.54) is 0 Å². The number of ether oxygens (including phenoxy) is 1. The van der Waals surface area contributed by atoms with Gasteiger partial charge in [-0.1, -0.05) is 30.3 Å². The SMILES string of the molecule is Cc1nc(CNC(C(=O)N2CCOCC2)c2ccccc2)cs1. The van der Waals surface area contributed by atoms with Crippen molar-refractivity contribution < 1.29 is 9.53 Å². The van der Waals surface area contributed by atoms with E-state index in [4.69, 9.17) is 4.74 Å². The lowest BCUT2D eigenvalue weighted by molar-refractivity contribution is -0.137. The van der Waals surface area contributed by atoms with Crippen LogP contribution in [-0.2, 0) is 16.1 Å². The third-order valence-electron chi connectivity index (χ3n) is 3.86. The van der Waals surface area contributed by atoms with E-state index in [1.807, 2.05) is 47.5 Å². The van der Waals surface area contributed by atoms with Crippen LogP contribution in [0.25, 0.3) is 0 Å². The van der Waals surface area contributed by atoms with Crippen LogP contribution in [0.5, 0.6) is 0 Å². The van der Waals surface area contributed by atoms with Gasteiger partial charge in [0.15, 0.2) is 0 Å². The fraction of sp³-hybridized carbons (Fsp3) is 0.412. The quantitative estimate of drug-likeness (QED) is 0.912. The molecule has 1 aliphatic rings. The molecule has 0 spiro atoms. The number of aryl methyl sites for hydroxylation is 1. The molecule has 122 valence electrons. The zero-order chi connectivity index (χ0) is 16.1. The zero-order valence-corrected chi connectivity index (χ0v) is 14.0. The zero-order valence-electron chi connectivity index (χ0n) is 13.2. The van der Waals surface area contributed by atoms with Crippen LogP contribution in [0.1, 0.15) is 22.3 Å². The number of amides is 1. The molecule has 1 unspecified atom stereocenters. The van der Waals surface area contributed by atoms with E-state index in [0.29, 0.717) is 32.8 Å². The molecular formula is C17H21N3O2S. The number of nitrogens with zero attached hydrogens (tertiary/aromatic N) is 2. The molecule has 1 aromatic heterocycles. The molecule has 6 heteroatoms. The molecule has 1 saturated heterocycles. The highest BCUT2D eigenvalue weighted by atomic mass is 32.1. The first-order chi connectivity index (χ1) is 11.2. The minimum Gasteiger partial charge on any atom is -0.378 e. The summed E-state index contributed by atoms with van der Waals surface area (Å²) < 4.78 is 5.34. The largest absolute Gasteiger partial charge is 0.378 e. The Morgan fingerprint density at radius 2 is 2.09 bits per heavy atom. The number of hydrogen-bond acceptors (Lipinski definition) is 5. The van der Waals surface area contributed by atoms with Gasteiger partial charge >= 0.3 is 0 Å². The van der Waals surface area contributed by atoms with Gasteiger partial charge in [0.1, 0.15) is 6.04 Å². The summed E-state index contributed by atoms with van der Waals surface area (Å²) in [5.41, 5.74) is 1.96. The minimum absolute atomic E-state index is 0.103. The molecule has 0 aliphatic carbocycles. The van der Waals surface area contributed by atoms with Gasteiger partial charge in [0.05, 0.1) is 23.9 Å². The molecule has 0 saturated carbocycles. The Morgan fingerprint density at radius 3 is 2.74 bits per heavy atom. The van der Waals surface area contributed by atoms with Gasteiger partial charge in [-0.2, -0.15) is 0 Å². The van der Waals surface area contributed by atoms with Crippen molar-refractivity contribution in [3.8, 4) is 0 Å². The van der Waals surface area contributed by atoms with Crippen molar-refractivity contribution >= 4 is 17.2 Å². The van der Waals surface area contributed by atoms with Crippen molar-refractivity contribution in [3.63, 3.8) is 0 Å². The average Bonchev–Trinajstić information content (AvgIpc) is 3.02. The smallest absolute Gasteiger partial charge is 0.244 e. The van der Waals surface area contributed by atoms with E-state index >= 15 is 0 Å². The maximum atomic E-state index is 12.9. The summed E-state index contributed by atoms with van der Waals surface area (Å²) >= 11 is 1.63. The molecule has 2 heterocycles. The van der Waals surface area contributed by atoms with E-state index in [9.17, 15) is 4.79 Å². The number of hydrogen-bond donors (Lipinski definition) is 1. The Hall–Kier alpha value is -1.76. The first-order valence-electron chi connectivity index (χ1n) is 7.80. The molecule has 3 rings (SSSR count). The Morgan fingerprint density at radius 1 is 1.35 bits per heavy atom. The van der Waals surface area contributed by atoms with Gasteiger partial charge in [-0.25, -0.2) is 4.98 Å². The second-order valence-electron chi connectivity index (χ2n) is 5.52. The molecule has 1 aromatic carbocycles. The first kappa shape index (κ1) is 16.1. The van der Waals surface area contributed by atoms with Crippen LogP contribution in [0, 0.1) is 6.92 Å². The number of benzene rings is 1. The van der Waals surface area contributed by atoms with Gasteiger partial charge in [-0.3, -0.25) is 10.1 Å². The Labute approximate surface area is 140 Å². The lowest BCUT2D eigenvalue weighted by atomic mass is 10.1. The van der Waals surface area contributed by atoms with E-state index in [-0.39, 0.29) is 11.9 Å². The van der Waals surface area contributed by atoms with E-state index in [2.05, 4.69) is 10.3 Å². The second kappa shape index (κ2) is 7.68. The average molecular weight is 331 g/mol. The normalized spacial score (nSPS) is 16.3. The summed E-state index contributed by atoms with van der Waals surface area (Å²) in [6.45, 7) is 5.10. The molecule has 23 heavy (non-hydrogen) atoms. The molecule has 2 aromatic rings. The summed E-state index contributed by atoms with van der Waals surface area (Å²) in [7, 11) is 0. The fourth-order valence-electron chi connectivity index (χ4n) is 2.66. The topological polar surface area (TPSA) is 54.5 Å². The lowest BCUT2D eigenvalue weighted by Gasteiger charge is -2.31. The monoisotopic (exact) mass is 331 g/mol. The van der Waals surface area contributed by atoms with Crippen LogP contribution < -0.4 is 5.32 Å². The van der Waals surface area contributed by atoms with Gasteiger partial charge in [0.25, 0.3) is 0 Å². The van der Waals surface area contributed by atoms with Crippen LogP contribution in [0.4, 0.5) is 0 Å². The minimum atomic E-state index is -0.351. The highest BCUT2D eigenvalue weighted by molar-refractivity contribution is 7.09. The second-order valence-corrected chi connectivity index (χ2v) is 6.58. The number of rotatable bonds is 5. The van der Waals surface area contributed by atoms with Gasteiger partial charge in [0.2, 0.25) is 5.91 Å². The molecule has 1 amide bonds. The highest BCUT2D eigenvalue weighted by Gasteiger charge is 2.26. The molecule has 1 N–H and O–H groups in total. The summed E-state index contributed by atoms with van der Waals surface area (Å²) in [4.78, 5) is 19.2. The van der Waals surface area contributed by atoms with Crippen molar-refractivity contribution in [3.05, 3.63) is 52.0 Å². The molecule has 1 fully saturated rings. The number of nitrogens with one attached hydrogen (secondary N) is 1. The summed E-state index contributed by atoms with van der Waals surface area (Å²) in [5.74, 6) is 0.103. The highest BCUT2D eigenvalue weighted by Crippen LogP contribution is 2.18. The number of carbonyl (C=O) groups is 1. The molecule has 1 atom stereocenters. The molecule has 1 aliphatic heterocycles. The fourth-order valence-corrected chi connectivity index (χ4v) is 3.27. The molecule has 0 radical (unpaired) electrons. The van der Waals surface area contributed by atoms with Crippen LogP contribution in [0.15, 0.2) is 35.7 Å². The predicted molar refractivity (Wildman–Crippen MR) is 90.3 cm³/mol. The standard InChI is InChI=1S/C17H21N3O2S/c1-13-19-15(12-23-13)11-18-16(14-5-3-2-4-6-14)17(21)20-7-9-22-10-8-20/h2-6,12,16,18H,7-11H2,1H3. The summed E-state index contributed by atoms with van der Waals surface area (Å²) in [6.07, 6.45) is 0. The van der Waals surface area contributed by atoms with E-state index in [1.54, 1.807) is 11.3 Å². The van der Waals surface area contributed by atoms with Gasteiger partial charge in [-0.15, -0.1) is 11.3 Å². The summed E-state index contributed by atoms with van der Waals surface area (Å²) in [6, 6.07) is 9.51. The third-order valence-corrected chi connectivity index (χ3v) is 4.68. The number of aromatic nitrogens is 1. The van der Waals surface area contributed by atoms with Gasteiger partial charge in [-0.05, 0) is 12.5 Å². The number of thiazole rings is 1. The molecular weight excluding hydrogens is 310 g/mol. The predicted octanol–water partition coefficient (Wildman–Crippen LogP) is 2.14. The number of morpholine rings is 1. The van der Waals surface area contributed by atoms with Gasteiger partial charge in [0, 0.05) is 25.0 Å². The summed E-state index contributed by atoms with van der Waals surface area (Å²) in [5, 5.41) is 6.45. The van der Waals surface area contributed by atoms with Crippen molar-refractivity contribution in [2.24, 2.45) is 0 Å². The maximum Gasteiger partial charge on any atom is 0.244 e. The van der Waals surface area contributed by atoms with Crippen molar-refractivity contribution in [1.29, 1.82) is 0 Å². The van der Waals surface area contributed by atoms with Crippen LogP contribution in [0.3, 0.4) is 0 Å². The number of carbonyl (C=O) groups excluding carboxylic acids is 1. The Bertz CT molecular complexity index is 638. The lowest BCUT2D eigenvalue weighted by Crippen LogP contribution is -2.46.